The number of anilines is 1. The molecule has 0 bridgehead atoms. The second kappa shape index (κ2) is 7.02. The molecule has 0 saturated heterocycles. The highest BCUT2D eigenvalue weighted by Gasteiger charge is 2.27. The first-order valence-corrected chi connectivity index (χ1v) is 8.28. The maximum absolute atomic E-state index is 12.4. The lowest BCUT2D eigenvalue weighted by Gasteiger charge is -2.33. The fraction of sp³-hybridized carbons (Fsp3) is 0.786. The van der Waals surface area contributed by atoms with Gasteiger partial charge in [0.2, 0.25) is 10.1 Å². The van der Waals surface area contributed by atoms with Gasteiger partial charge in [0, 0.05) is 19.6 Å². The van der Waals surface area contributed by atoms with E-state index >= 15 is 0 Å². The molecule has 0 radical (unpaired) electrons. The molecule has 1 aromatic heterocycles. The van der Waals surface area contributed by atoms with Crippen molar-refractivity contribution in [3.05, 3.63) is 5.01 Å². The molecule has 2 rings (SSSR count). The van der Waals surface area contributed by atoms with Gasteiger partial charge in [0.15, 0.2) is 0 Å². The molecule has 6 heteroatoms. The van der Waals surface area contributed by atoms with E-state index in [0.717, 1.165) is 30.9 Å². The van der Waals surface area contributed by atoms with E-state index in [-0.39, 0.29) is 5.91 Å². The van der Waals surface area contributed by atoms with E-state index in [4.69, 9.17) is 0 Å². The average Bonchev–Trinajstić information content (AvgIpc) is 2.92. The first-order chi connectivity index (χ1) is 9.61. The molecule has 112 valence electrons. The predicted octanol–water partition coefficient (Wildman–Crippen LogP) is 3.01. The standard InChI is InChI=1S/C14H24N4OS/c1-4-8-15-14-17-16-12(20-14)13(19)18(3)11-7-5-6-10(2)9-11/h10-11H,4-9H2,1-3H3,(H,15,17). The van der Waals surface area contributed by atoms with Crippen LogP contribution in [0, 0.1) is 5.92 Å². The molecule has 2 unspecified atom stereocenters. The molecule has 5 nitrogen and oxygen atoms in total. The highest BCUT2D eigenvalue weighted by molar-refractivity contribution is 7.17. The number of nitrogens with zero attached hydrogens (tertiary/aromatic N) is 3. The van der Waals surface area contributed by atoms with Gasteiger partial charge >= 0.3 is 0 Å². The van der Waals surface area contributed by atoms with Crippen molar-refractivity contribution in [3.8, 4) is 0 Å². The summed E-state index contributed by atoms with van der Waals surface area (Å²) in [6, 6.07) is 0.349. The Morgan fingerprint density at radius 2 is 2.25 bits per heavy atom. The van der Waals surface area contributed by atoms with Crippen molar-refractivity contribution >= 4 is 22.4 Å². The molecule has 1 amide bonds. The third-order valence-electron chi connectivity index (χ3n) is 3.91. The molecule has 1 heterocycles. The molecule has 1 N–H and O–H groups in total. The normalized spacial score (nSPS) is 22.6. The molecular weight excluding hydrogens is 272 g/mol. The van der Waals surface area contributed by atoms with Gasteiger partial charge in [0.05, 0.1) is 0 Å². The number of rotatable bonds is 5. The van der Waals surface area contributed by atoms with Gasteiger partial charge in [-0.1, -0.05) is 38.0 Å². The van der Waals surface area contributed by atoms with Gasteiger partial charge < -0.3 is 10.2 Å². The Hall–Kier alpha value is -1.17. The van der Waals surface area contributed by atoms with Crippen molar-refractivity contribution in [3.63, 3.8) is 0 Å². The van der Waals surface area contributed by atoms with E-state index < -0.39 is 0 Å². The minimum Gasteiger partial charge on any atom is -0.360 e. The summed E-state index contributed by atoms with van der Waals surface area (Å²) >= 11 is 1.35. The van der Waals surface area contributed by atoms with E-state index in [1.165, 1.54) is 24.2 Å². The predicted molar refractivity (Wildman–Crippen MR) is 82.2 cm³/mol. The van der Waals surface area contributed by atoms with Gasteiger partial charge in [0.1, 0.15) is 0 Å². The van der Waals surface area contributed by atoms with Gasteiger partial charge in [0.25, 0.3) is 5.91 Å². The van der Waals surface area contributed by atoms with E-state index in [2.05, 4.69) is 29.4 Å². The fourth-order valence-electron chi connectivity index (χ4n) is 2.68. The summed E-state index contributed by atoms with van der Waals surface area (Å²) in [5.41, 5.74) is 0. The SMILES string of the molecule is CCCNc1nnc(C(=O)N(C)C2CCCC(C)C2)s1. The number of hydrogen-bond acceptors (Lipinski definition) is 5. The molecule has 1 fully saturated rings. The zero-order valence-corrected chi connectivity index (χ0v) is 13.4. The smallest absolute Gasteiger partial charge is 0.284 e. The molecule has 1 aromatic rings. The lowest BCUT2D eigenvalue weighted by Crippen LogP contribution is -2.39. The molecule has 0 aromatic carbocycles. The Kier molecular flexibility index (Phi) is 5.34. The molecule has 20 heavy (non-hydrogen) atoms. The van der Waals surface area contributed by atoms with Crippen LogP contribution >= 0.6 is 11.3 Å². The van der Waals surface area contributed by atoms with Crippen LogP contribution in [0.25, 0.3) is 0 Å². The first-order valence-electron chi connectivity index (χ1n) is 7.46. The fourth-order valence-corrected chi connectivity index (χ4v) is 3.44. The van der Waals surface area contributed by atoms with E-state index in [1.807, 2.05) is 11.9 Å². The van der Waals surface area contributed by atoms with E-state index in [0.29, 0.717) is 17.0 Å². The summed E-state index contributed by atoms with van der Waals surface area (Å²) in [7, 11) is 1.89. The largest absolute Gasteiger partial charge is 0.360 e. The Bertz CT molecular complexity index is 448. The quantitative estimate of drug-likeness (QED) is 0.907. The summed E-state index contributed by atoms with van der Waals surface area (Å²) < 4.78 is 0. The van der Waals surface area contributed by atoms with Crippen LogP contribution in [-0.2, 0) is 0 Å². The van der Waals surface area contributed by atoms with Gasteiger partial charge in [-0.15, -0.1) is 10.2 Å². The highest BCUT2D eigenvalue weighted by Crippen LogP contribution is 2.28. The minimum atomic E-state index is 0.00569. The van der Waals surface area contributed by atoms with Crippen LogP contribution in [0.2, 0.25) is 0 Å². The molecular formula is C14H24N4OS. The molecule has 1 aliphatic carbocycles. The zero-order chi connectivity index (χ0) is 14.5. The lowest BCUT2D eigenvalue weighted by molar-refractivity contribution is 0.0671. The zero-order valence-electron chi connectivity index (χ0n) is 12.6. The number of amides is 1. The monoisotopic (exact) mass is 296 g/mol. The van der Waals surface area contributed by atoms with Gasteiger partial charge in [-0.25, -0.2) is 0 Å². The molecule has 1 saturated carbocycles. The maximum atomic E-state index is 12.4. The Labute approximate surface area is 124 Å². The van der Waals surface area contributed by atoms with Crippen LogP contribution in [-0.4, -0.2) is 40.6 Å². The second-order valence-corrected chi connectivity index (χ2v) is 6.66. The van der Waals surface area contributed by atoms with Crippen molar-refractivity contribution < 1.29 is 4.79 Å². The molecule has 0 aliphatic heterocycles. The highest BCUT2D eigenvalue weighted by atomic mass is 32.1. The first kappa shape index (κ1) is 15.2. The van der Waals surface area contributed by atoms with Crippen molar-refractivity contribution in [1.82, 2.24) is 15.1 Å². The maximum Gasteiger partial charge on any atom is 0.284 e. The van der Waals surface area contributed by atoms with Crippen LogP contribution < -0.4 is 5.32 Å². The molecule has 1 aliphatic rings. The number of carbonyl (C=O) groups is 1. The second-order valence-electron chi connectivity index (χ2n) is 5.68. The number of nitrogens with one attached hydrogen (secondary N) is 1. The topological polar surface area (TPSA) is 58.1 Å². The molecule has 2 atom stereocenters. The summed E-state index contributed by atoms with van der Waals surface area (Å²) in [6.07, 6.45) is 5.72. The number of aromatic nitrogens is 2. The van der Waals surface area contributed by atoms with Gasteiger partial charge in [-0.2, -0.15) is 0 Å². The van der Waals surface area contributed by atoms with Crippen molar-refractivity contribution in [1.29, 1.82) is 0 Å². The summed E-state index contributed by atoms with van der Waals surface area (Å²) in [6.45, 7) is 5.22. The summed E-state index contributed by atoms with van der Waals surface area (Å²) in [5, 5.41) is 12.4. The summed E-state index contributed by atoms with van der Waals surface area (Å²) in [4.78, 5) is 14.3. The van der Waals surface area contributed by atoms with Crippen LogP contribution in [0.3, 0.4) is 0 Å². The molecule has 0 spiro atoms. The average molecular weight is 296 g/mol. The Morgan fingerprint density at radius 1 is 1.45 bits per heavy atom. The summed E-state index contributed by atoms with van der Waals surface area (Å²) in [5.74, 6) is 0.714. The van der Waals surface area contributed by atoms with Crippen molar-refractivity contribution in [2.75, 3.05) is 18.9 Å². The Morgan fingerprint density at radius 3 is 2.95 bits per heavy atom. The van der Waals surface area contributed by atoms with Crippen LogP contribution in [0.15, 0.2) is 0 Å². The van der Waals surface area contributed by atoms with E-state index in [1.54, 1.807) is 0 Å². The van der Waals surface area contributed by atoms with Gasteiger partial charge in [-0.05, 0) is 25.2 Å². The Balaban J connectivity index is 1.97. The van der Waals surface area contributed by atoms with Crippen molar-refractivity contribution in [2.45, 2.75) is 52.0 Å². The number of hydrogen-bond donors (Lipinski definition) is 1. The van der Waals surface area contributed by atoms with Crippen LogP contribution in [0.4, 0.5) is 5.13 Å². The van der Waals surface area contributed by atoms with Gasteiger partial charge in [-0.3, -0.25) is 4.79 Å². The van der Waals surface area contributed by atoms with Crippen molar-refractivity contribution in [2.24, 2.45) is 5.92 Å². The minimum absolute atomic E-state index is 0.00569. The third-order valence-corrected chi connectivity index (χ3v) is 4.78. The van der Waals surface area contributed by atoms with Crippen LogP contribution in [0.1, 0.15) is 55.8 Å². The third kappa shape index (κ3) is 3.69. The van der Waals surface area contributed by atoms with E-state index in [9.17, 15) is 4.79 Å². The van der Waals surface area contributed by atoms with Crippen LogP contribution in [0.5, 0.6) is 0 Å². The lowest BCUT2D eigenvalue weighted by atomic mass is 9.86. The number of carbonyl (C=O) groups excluding carboxylic acids is 1.